The molecule has 0 unspecified atom stereocenters. The summed E-state index contributed by atoms with van der Waals surface area (Å²) in [5.41, 5.74) is 5.76. The van der Waals surface area contributed by atoms with Crippen molar-refractivity contribution in [2.75, 3.05) is 19.4 Å². The Balaban J connectivity index is 2.11. The van der Waals surface area contributed by atoms with Gasteiger partial charge >= 0.3 is 0 Å². The lowest BCUT2D eigenvalue weighted by atomic mass is 9.80. The van der Waals surface area contributed by atoms with E-state index in [0.717, 1.165) is 19.3 Å². The summed E-state index contributed by atoms with van der Waals surface area (Å²) in [7, 11) is -1.93. The van der Waals surface area contributed by atoms with Gasteiger partial charge in [0.15, 0.2) is 0 Å². The van der Waals surface area contributed by atoms with E-state index in [-0.39, 0.29) is 10.5 Å². The second-order valence-corrected chi connectivity index (χ2v) is 7.37. The number of halogens is 1. The number of benzene rings is 1. The summed E-state index contributed by atoms with van der Waals surface area (Å²) in [5, 5.41) is 0. The normalized spacial score (nSPS) is 18.0. The maximum Gasteiger partial charge on any atom is 0.240 e. The Kier molecular flexibility index (Phi) is 4.20. The van der Waals surface area contributed by atoms with Crippen molar-refractivity contribution < 1.29 is 13.2 Å². The first-order chi connectivity index (χ1) is 8.88. The summed E-state index contributed by atoms with van der Waals surface area (Å²) < 4.78 is 33.0. The largest absolute Gasteiger partial charge is 0.398 e. The zero-order chi connectivity index (χ0) is 14.1. The number of nitrogens with one attached hydrogen (secondary N) is 1. The molecule has 1 aliphatic rings. The molecule has 7 heteroatoms. The maximum atomic E-state index is 12.2. The molecule has 0 atom stereocenters. The quantitative estimate of drug-likeness (QED) is 0.796. The van der Waals surface area contributed by atoms with Crippen LogP contribution in [0.25, 0.3) is 0 Å². The van der Waals surface area contributed by atoms with Gasteiger partial charge in [0.25, 0.3) is 0 Å². The van der Waals surface area contributed by atoms with E-state index in [2.05, 4.69) is 20.7 Å². The lowest BCUT2D eigenvalue weighted by Gasteiger charge is -2.40. The van der Waals surface area contributed by atoms with Crippen molar-refractivity contribution in [2.24, 2.45) is 0 Å². The molecule has 1 saturated carbocycles. The fourth-order valence-corrected chi connectivity index (χ4v) is 3.42. The van der Waals surface area contributed by atoms with E-state index in [1.807, 2.05) is 0 Å². The van der Waals surface area contributed by atoms with Crippen LogP contribution in [0.3, 0.4) is 0 Å². The topological polar surface area (TPSA) is 81.4 Å². The zero-order valence-electron chi connectivity index (χ0n) is 10.6. The van der Waals surface area contributed by atoms with Crippen molar-refractivity contribution in [2.45, 2.75) is 29.8 Å². The maximum absolute atomic E-state index is 12.2. The van der Waals surface area contributed by atoms with Gasteiger partial charge in [-0.25, -0.2) is 13.1 Å². The molecule has 0 aromatic heterocycles. The molecule has 0 bridgehead atoms. The molecule has 0 saturated heterocycles. The highest BCUT2D eigenvalue weighted by molar-refractivity contribution is 9.10. The second kappa shape index (κ2) is 5.40. The Bertz CT molecular complexity index is 565. The van der Waals surface area contributed by atoms with E-state index in [9.17, 15) is 8.42 Å². The number of ether oxygens (including phenoxy) is 1. The van der Waals surface area contributed by atoms with Crippen LogP contribution in [0.15, 0.2) is 27.6 Å². The fourth-order valence-electron chi connectivity index (χ4n) is 2.02. The SMILES string of the molecule is COC1(CNS(=O)(=O)c2ccc(Br)c(N)c2)CCC1. The van der Waals surface area contributed by atoms with Crippen LogP contribution in [0.1, 0.15) is 19.3 Å². The average molecular weight is 349 g/mol. The van der Waals surface area contributed by atoms with Crippen LogP contribution in [-0.2, 0) is 14.8 Å². The first-order valence-corrected chi connectivity index (χ1v) is 8.26. The predicted molar refractivity (Wildman–Crippen MR) is 77.3 cm³/mol. The van der Waals surface area contributed by atoms with Gasteiger partial charge in [-0.1, -0.05) is 0 Å². The summed E-state index contributed by atoms with van der Waals surface area (Å²) in [6, 6.07) is 4.58. The minimum absolute atomic E-state index is 0.166. The molecule has 1 fully saturated rings. The van der Waals surface area contributed by atoms with Crippen molar-refractivity contribution in [3.63, 3.8) is 0 Å². The van der Waals surface area contributed by atoms with Crippen LogP contribution >= 0.6 is 15.9 Å². The van der Waals surface area contributed by atoms with Crippen LogP contribution in [0.5, 0.6) is 0 Å². The third-order valence-electron chi connectivity index (χ3n) is 3.56. The number of rotatable bonds is 5. The van der Waals surface area contributed by atoms with Crippen molar-refractivity contribution >= 4 is 31.6 Å². The van der Waals surface area contributed by atoms with E-state index >= 15 is 0 Å². The summed E-state index contributed by atoms with van der Waals surface area (Å²) in [6.45, 7) is 0.293. The standard InChI is InChI=1S/C12H17BrN2O3S/c1-18-12(5-2-6-12)8-15-19(16,17)9-3-4-10(13)11(14)7-9/h3-4,7,15H,2,5-6,8,14H2,1H3. The number of hydrogen-bond acceptors (Lipinski definition) is 4. The highest BCUT2D eigenvalue weighted by Gasteiger charge is 2.38. The Morgan fingerprint density at radius 1 is 1.47 bits per heavy atom. The van der Waals surface area contributed by atoms with Gasteiger partial charge in [-0.3, -0.25) is 0 Å². The highest BCUT2D eigenvalue weighted by atomic mass is 79.9. The molecule has 0 heterocycles. The predicted octanol–water partition coefficient (Wildman–Crippen LogP) is 1.88. The molecule has 19 heavy (non-hydrogen) atoms. The highest BCUT2D eigenvalue weighted by Crippen LogP contribution is 2.34. The Morgan fingerprint density at radius 2 is 2.16 bits per heavy atom. The summed E-state index contributed by atoms with van der Waals surface area (Å²) in [6.07, 6.45) is 2.84. The van der Waals surface area contributed by atoms with E-state index in [1.165, 1.54) is 12.1 Å². The number of nitrogens with two attached hydrogens (primary N) is 1. The summed E-state index contributed by atoms with van der Waals surface area (Å²) in [4.78, 5) is 0.166. The minimum Gasteiger partial charge on any atom is -0.398 e. The van der Waals surface area contributed by atoms with E-state index in [1.54, 1.807) is 13.2 Å². The molecule has 0 amide bonds. The first kappa shape index (κ1) is 14.8. The molecule has 1 aromatic rings. The van der Waals surface area contributed by atoms with Crippen LogP contribution in [0.4, 0.5) is 5.69 Å². The van der Waals surface area contributed by atoms with Crippen molar-refractivity contribution in [1.29, 1.82) is 0 Å². The van der Waals surface area contributed by atoms with Crippen LogP contribution in [-0.4, -0.2) is 27.7 Å². The van der Waals surface area contributed by atoms with Crippen molar-refractivity contribution in [3.05, 3.63) is 22.7 Å². The van der Waals surface area contributed by atoms with E-state index in [4.69, 9.17) is 10.5 Å². The van der Waals surface area contributed by atoms with Crippen LogP contribution in [0.2, 0.25) is 0 Å². The second-order valence-electron chi connectivity index (χ2n) is 4.75. The molecule has 1 aliphatic carbocycles. The molecule has 0 spiro atoms. The van der Waals surface area contributed by atoms with Gasteiger partial charge < -0.3 is 10.5 Å². The van der Waals surface area contributed by atoms with Gasteiger partial charge in [0.05, 0.1) is 10.5 Å². The molecule has 0 radical (unpaired) electrons. The first-order valence-electron chi connectivity index (χ1n) is 5.98. The number of anilines is 1. The Labute approximate surface area is 121 Å². The van der Waals surface area contributed by atoms with Crippen molar-refractivity contribution in [3.8, 4) is 0 Å². The van der Waals surface area contributed by atoms with Gasteiger partial charge in [0.1, 0.15) is 0 Å². The van der Waals surface area contributed by atoms with Gasteiger partial charge in [-0.2, -0.15) is 0 Å². The Morgan fingerprint density at radius 3 is 2.63 bits per heavy atom. The van der Waals surface area contributed by atoms with Gasteiger partial charge in [0, 0.05) is 23.8 Å². The number of sulfonamides is 1. The monoisotopic (exact) mass is 348 g/mol. The molecule has 5 nitrogen and oxygen atoms in total. The molecular weight excluding hydrogens is 332 g/mol. The number of nitrogen functional groups attached to an aromatic ring is 1. The van der Waals surface area contributed by atoms with Crippen LogP contribution < -0.4 is 10.5 Å². The lowest BCUT2D eigenvalue weighted by Crippen LogP contribution is -2.49. The third-order valence-corrected chi connectivity index (χ3v) is 5.68. The molecule has 2 rings (SSSR count). The summed E-state index contributed by atoms with van der Waals surface area (Å²) >= 11 is 3.24. The van der Waals surface area contributed by atoms with Gasteiger partial charge in [-0.05, 0) is 53.4 Å². The fraction of sp³-hybridized carbons (Fsp3) is 0.500. The molecule has 3 N–H and O–H groups in total. The molecular formula is C12H17BrN2O3S. The van der Waals surface area contributed by atoms with E-state index < -0.39 is 10.0 Å². The third kappa shape index (κ3) is 3.10. The summed E-state index contributed by atoms with van der Waals surface area (Å²) in [5.74, 6) is 0. The van der Waals surface area contributed by atoms with Crippen LogP contribution in [0, 0.1) is 0 Å². The number of hydrogen-bond donors (Lipinski definition) is 2. The smallest absolute Gasteiger partial charge is 0.240 e. The average Bonchev–Trinajstić information content (AvgIpc) is 2.31. The van der Waals surface area contributed by atoms with Gasteiger partial charge in [0.2, 0.25) is 10.0 Å². The van der Waals surface area contributed by atoms with Crippen molar-refractivity contribution in [1.82, 2.24) is 4.72 Å². The zero-order valence-corrected chi connectivity index (χ0v) is 13.1. The molecule has 0 aliphatic heterocycles. The Hall–Kier alpha value is -0.630. The van der Waals surface area contributed by atoms with Gasteiger partial charge in [-0.15, -0.1) is 0 Å². The molecule has 106 valence electrons. The number of methoxy groups -OCH3 is 1. The molecule has 1 aromatic carbocycles. The minimum atomic E-state index is -3.55. The lowest BCUT2D eigenvalue weighted by molar-refractivity contribution is -0.0659. The van der Waals surface area contributed by atoms with E-state index in [0.29, 0.717) is 16.7 Å².